The predicted molar refractivity (Wildman–Crippen MR) is 116 cm³/mol. The molecule has 3 aliphatic carbocycles. The van der Waals surface area contributed by atoms with Crippen LogP contribution in [0, 0.1) is 23.7 Å². The number of rotatable bonds is 7. The van der Waals surface area contributed by atoms with Crippen LogP contribution in [0.2, 0.25) is 0 Å². The summed E-state index contributed by atoms with van der Waals surface area (Å²) in [5, 5.41) is 0. The van der Waals surface area contributed by atoms with Crippen LogP contribution in [0.4, 0.5) is 0 Å². The van der Waals surface area contributed by atoms with Crippen LogP contribution in [0.1, 0.15) is 56.1 Å². The van der Waals surface area contributed by atoms with Crippen LogP contribution < -0.4 is 4.74 Å². The summed E-state index contributed by atoms with van der Waals surface area (Å²) >= 11 is 0. The van der Waals surface area contributed by atoms with Crippen LogP contribution in [-0.2, 0) is 17.6 Å². The molecule has 152 valence electrons. The van der Waals surface area contributed by atoms with Gasteiger partial charge in [0.1, 0.15) is 12.4 Å². The first-order chi connectivity index (χ1) is 13.8. The Morgan fingerprint density at radius 1 is 0.821 bits per heavy atom. The van der Waals surface area contributed by atoms with Crippen LogP contribution in [0.3, 0.4) is 0 Å². The van der Waals surface area contributed by atoms with E-state index in [1.165, 1.54) is 63.4 Å². The van der Waals surface area contributed by atoms with E-state index in [9.17, 15) is 0 Å². The summed E-state index contributed by atoms with van der Waals surface area (Å²) in [7, 11) is 0. The summed E-state index contributed by atoms with van der Waals surface area (Å²) in [4.78, 5) is 0. The molecule has 3 unspecified atom stereocenters. The topological polar surface area (TPSA) is 18.5 Å². The number of hydrogen-bond donors (Lipinski definition) is 0. The Morgan fingerprint density at radius 3 is 2.39 bits per heavy atom. The van der Waals surface area contributed by atoms with Gasteiger partial charge < -0.3 is 9.47 Å². The van der Waals surface area contributed by atoms with Gasteiger partial charge in [0.2, 0.25) is 0 Å². The Hall–Kier alpha value is -1.54. The second-order valence-corrected chi connectivity index (χ2v) is 9.18. The molecule has 0 heterocycles. The first-order valence-electron chi connectivity index (χ1n) is 11.3. The van der Waals surface area contributed by atoms with Crippen LogP contribution in [0.25, 0.3) is 0 Å². The molecule has 4 rings (SSSR count). The van der Waals surface area contributed by atoms with E-state index in [2.05, 4.69) is 31.4 Å². The number of benzene rings is 1. The fourth-order valence-corrected chi connectivity index (χ4v) is 6.07. The van der Waals surface area contributed by atoms with Crippen LogP contribution in [-0.4, -0.2) is 19.3 Å². The number of fused-ring (bicyclic) bond motifs is 2. The maximum Gasteiger partial charge on any atom is 0.120 e. The van der Waals surface area contributed by atoms with Crippen molar-refractivity contribution in [2.75, 3.05) is 13.2 Å². The summed E-state index contributed by atoms with van der Waals surface area (Å²) in [6.07, 6.45) is 16.2. The summed E-state index contributed by atoms with van der Waals surface area (Å²) < 4.78 is 11.7. The fourth-order valence-electron chi connectivity index (χ4n) is 6.07. The van der Waals surface area contributed by atoms with Gasteiger partial charge in [-0.15, -0.1) is 6.58 Å². The van der Waals surface area contributed by atoms with Crippen molar-refractivity contribution in [3.05, 3.63) is 54.6 Å². The van der Waals surface area contributed by atoms with E-state index in [1.807, 2.05) is 12.2 Å². The standard InChI is InChI=1S/C26H36O2/c1-3-13-27-25-11-9-21-15-19(5-7-23(21)17-25)20-6-8-24-18-26(28-14-4-2)12-10-22(24)16-20/h3-4,9,11,17,19-20,22,24,26H,1-2,5-8,10,12-16,18H2/t19?,20?,22-,24?,26-/m1/s1. The second kappa shape index (κ2) is 9.31. The van der Waals surface area contributed by atoms with E-state index in [-0.39, 0.29) is 0 Å². The number of hydrogen-bond acceptors (Lipinski definition) is 2. The van der Waals surface area contributed by atoms with E-state index in [0.29, 0.717) is 19.3 Å². The van der Waals surface area contributed by atoms with Gasteiger partial charge in [-0.2, -0.15) is 0 Å². The van der Waals surface area contributed by atoms with Gasteiger partial charge in [0.25, 0.3) is 0 Å². The third kappa shape index (κ3) is 4.54. The summed E-state index contributed by atoms with van der Waals surface area (Å²) in [6, 6.07) is 6.72. The van der Waals surface area contributed by atoms with Crippen molar-refractivity contribution in [1.29, 1.82) is 0 Å². The average molecular weight is 381 g/mol. The third-order valence-electron chi connectivity index (χ3n) is 7.53. The van der Waals surface area contributed by atoms with Gasteiger partial charge in [0.05, 0.1) is 12.7 Å². The zero-order chi connectivity index (χ0) is 19.3. The molecule has 1 aromatic rings. The molecule has 0 aromatic heterocycles. The molecule has 5 atom stereocenters. The van der Waals surface area contributed by atoms with Crippen LogP contribution >= 0.6 is 0 Å². The fraction of sp³-hybridized carbons (Fsp3) is 0.615. The Morgan fingerprint density at radius 2 is 1.57 bits per heavy atom. The van der Waals surface area contributed by atoms with Gasteiger partial charge in [-0.25, -0.2) is 0 Å². The molecule has 0 spiro atoms. The lowest BCUT2D eigenvalue weighted by atomic mass is 9.62. The van der Waals surface area contributed by atoms with E-state index < -0.39 is 0 Å². The molecular formula is C26H36O2. The molecule has 2 fully saturated rings. The highest BCUT2D eigenvalue weighted by molar-refractivity contribution is 5.37. The van der Waals surface area contributed by atoms with Gasteiger partial charge in [-0.05, 0) is 105 Å². The molecule has 0 saturated heterocycles. The minimum Gasteiger partial charge on any atom is -0.490 e. The molecule has 0 radical (unpaired) electrons. The van der Waals surface area contributed by atoms with Crippen LogP contribution in [0.5, 0.6) is 5.75 Å². The smallest absolute Gasteiger partial charge is 0.120 e. The van der Waals surface area contributed by atoms with Crippen molar-refractivity contribution in [2.45, 2.75) is 63.9 Å². The number of ether oxygens (including phenoxy) is 2. The van der Waals surface area contributed by atoms with Gasteiger partial charge >= 0.3 is 0 Å². The van der Waals surface area contributed by atoms with E-state index in [0.717, 1.165) is 29.4 Å². The lowest BCUT2D eigenvalue weighted by Gasteiger charge is -2.44. The van der Waals surface area contributed by atoms with Crippen molar-refractivity contribution < 1.29 is 9.47 Å². The first kappa shape index (κ1) is 19.8. The Labute approximate surface area is 171 Å². The minimum atomic E-state index is 0.481. The van der Waals surface area contributed by atoms with Crippen molar-refractivity contribution in [2.24, 2.45) is 23.7 Å². The molecule has 3 aliphatic rings. The molecule has 1 aromatic carbocycles. The maximum atomic E-state index is 5.96. The summed E-state index contributed by atoms with van der Waals surface area (Å²) in [5.74, 6) is 4.64. The zero-order valence-corrected chi connectivity index (χ0v) is 17.3. The van der Waals surface area contributed by atoms with Gasteiger partial charge in [0.15, 0.2) is 0 Å². The highest BCUT2D eigenvalue weighted by Gasteiger charge is 2.38. The summed E-state index contributed by atoms with van der Waals surface area (Å²) in [6.45, 7) is 8.82. The average Bonchev–Trinajstić information content (AvgIpc) is 2.75. The van der Waals surface area contributed by atoms with Crippen molar-refractivity contribution in [3.8, 4) is 5.75 Å². The molecule has 2 nitrogen and oxygen atoms in total. The lowest BCUT2D eigenvalue weighted by molar-refractivity contribution is -0.0137. The highest BCUT2D eigenvalue weighted by atomic mass is 16.5. The molecule has 28 heavy (non-hydrogen) atoms. The molecule has 0 N–H and O–H groups in total. The SMILES string of the molecule is C=CCOc1ccc2c(c1)CCC(C1CCC3C[C@H](OCC=C)CC[C@@H]3C1)C2. The minimum absolute atomic E-state index is 0.481. The van der Waals surface area contributed by atoms with Crippen molar-refractivity contribution in [1.82, 2.24) is 0 Å². The van der Waals surface area contributed by atoms with E-state index in [4.69, 9.17) is 9.47 Å². The highest BCUT2D eigenvalue weighted by Crippen LogP contribution is 2.47. The molecule has 2 saturated carbocycles. The van der Waals surface area contributed by atoms with Crippen molar-refractivity contribution >= 4 is 0 Å². The Bertz CT molecular complexity index is 679. The van der Waals surface area contributed by atoms with Gasteiger partial charge in [-0.3, -0.25) is 0 Å². The molecule has 0 bridgehead atoms. The second-order valence-electron chi connectivity index (χ2n) is 9.18. The molecule has 2 heteroatoms. The Balaban J connectivity index is 1.32. The van der Waals surface area contributed by atoms with E-state index >= 15 is 0 Å². The monoisotopic (exact) mass is 380 g/mol. The van der Waals surface area contributed by atoms with Gasteiger partial charge in [-0.1, -0.05) is 24.8 Å². The number of aryl methyl sites for hydroxylation is 1. The predicted octanol–water partition coefficient (Wildman–Crippen LogP) is 6.14. The Kier molecular flexibility index (Phi) is 6.57. The maximum absolute atomic E-state index is 5.96. The molecule has 0 aliphatic heterocycles. The third-order valence-corrected chi connectivity index (χ3v) is 7.53. The van der Waals surface area contributed by atoms with Crippen LogP contribution in [0.15, 0.2) is 43.5 Å². The molecule has 0 amide bonds. The summed E-state index contributed by atoms with van der Waals surface area (Å²) in [5.41, 5.74) is 3.07. The lowest BCUT2D eigenvalue weighted by Crippen LogP contribution is -2.37. The normalized spacial score (nSPS) is 32.1. The quantitative estimate of drug-likeness (QED) is 0.529. The molecular weight excluding hydrogens is 344 g/mol. The van der Waals surface area contributed by atoms with Gasteiger partial charge in [0, 0.05) is 0 Å². The van der Waals surface area contributed by atoms with Crippen molar-refractivity contribution in [3.63, 3.8) is 0 Å². The largest absolute Gasteiger partial charge is 0.490 e. The zero-order valence-electron chi connectivity index (χ0n) is 17.3. The first-order valence-corrected chi connectivity index (χ1v) is 11.3. The van der Waals surface area contributed by atoms with E-state index in [1.54, 1.807) is 5.56 Å².